The van der Waals surface area contributed by atoms with Gasteiger partial charge in [-0.15, -0.1) is 0 Å². The fourth-order valence-electron chi connectivity index (χ4n) is 1.14. The van der Waals surface area contributed by atoms with Crippen molar-refractivity contribution >= 4 is 29.1 Å². The van der Waals surface area contributed by atoms with Crippen LogP contribution in [-0.4, -0.2) is 22.6 Å². The Morgan fingerprint density at radius 3 is 2.44 bits per heavy atom. The Balaban J connectivity index is 2.85. The van der Waals surface area contributed by atoms with Gasteiger partial charge in [0.2, 0.25) is 5.78 Å². The molecule has 0 saturated carbocycles. The highest BCUT2D eigenvalue weighted by Gasteiger charge is 2.17. The lowest BCUT2D eigenvalue weighted by Crippen LogP contribution is -2.17. The Hall–Kier alpha value is -1.68. The van der Waals surface area contributed by atoms with Gasteiger partial charge in [-0.3, -0.25) is 9.59 Å². The molecule has 0 aliphatic carbocycles. The van der Waals surface area contributed by atoms with Crippen molar-refractivity contribution in [3.63, 3.8) is 0 Å². The molecule has 1 rings (SSSR count). The van der Waals surface area contributed by atoms with Gasteiger partial charge in [0.25, 0.3) is 0 Å². The highest BCUT2D eigenvalue weighted by atomic mass is 35.5. The molecule has 0 heterocycles. The molecule has 0 atom stereocenters. The third kappa shape index (κ3) is 2.90. The number of rotatable bonds is 4. The maximum atomic E-state index is 11.5. The number of aliphatic carboxylic acids is 1. The summed E-state index contributed by atoms with van der Waals surface area (Å²) in [6.45, 7) is 1.72. The standard InChI is InChI=1S/C11H9ClO4/c1-6-4-7(2-3-8(6)12)9(13)5-10(14)11(15)16/h2-4H,5H2,1H3,(H,15,16). The molecule has 1 aromatic rings. The first-order valence-corrected chi connectivity index (χ1v) is 4.85. The van der Waals surface area contributed by atoms with Crippen LogP contribution in [0.4, 0.5) is 0 Å². The Morgan fingerprint density at radius 2 is 1.94 bits per heavy atom. The van der Waals surface area contributed by atoms with Gasteiger partial charge in [-0.2, -0.15) is 0 Å². The summed E-state index contributed by atoms with van der Waals surface area (Å²) in [6.07, 6.45) is -0.629. The summed E-state index contributed by atoms with van der Waals surface area (Å²) < 4.78 is 0. The highest BCUT2D eigenvalue weighted by molar-refractivity contribution is 6.37. The van der Waals surface area contributed by atoms with Crippen molar-refractivity contribution in [1.29, 1.82) is 0 Å². The van der Waals surface area contributed by atoms with Crippen molar-refractivity contribution in [2.45, 2.75) is 13.3 Å². The maximum Gasteiger partial charge on any atom is 0.372 e. The minimum atomic E-state index is -1.60. The Morgan fingerprint density at radius 1 is 1.31 bits per heavy atom. The van der Waals surface area contributed by atoms with E-state index in [-0.39, 0.29) is 5.56 Å². The van der Waals surface area contributed by atoms with Crippen LogP contribution in [0.3, 0.4) is 0 Å². The van der Waals surface area contributed by atoms with Crippen LogP contribution in [0, 0.1) is 6.92 Å². The minimum absolute atomic E-state index is 0.288. The smallest absolute Gasteiger partial charge is 0.372 e. The molecule has 0 unspecified atom stereocenters. The van der Waals surface area contributed by atoms with Crippen molar-refractivity contribution < 1.29 is 19.5 Å². The molecular weight excluding hydrogens is 232 g/mol. The van der Waals surface area contributed by atoms with Gasteiger partial charge >= 0.3 is 5.97 Å². The average molecular weight is 241 g/mol. The first-order chi connectivity index (χ1) is 7.41. The van der Waals surface area contributed by atoms with Crippen LogP contribution in [0.15, 0.2) is 18.2 Å². The number of ketones is 2. The monoisotopic (exact) mass is 240 g/mol. The second-order valence-corrected chi connectivity index (χ2v) is 3.70. The third-order valence-electron chi connectivity index (χ3n) is 2.04. The number of hydrogen-bond donors (Lipinski definition) is 1. The molecule has 84 valence electrons. The lowest BCUT2D eigenvalue weighted by atomic mass is 10.0. The summed E-state index contributed by atoms with van der Waals surface area (Å²) >= 11 is 5.77. The van der Waals surface area contributed by atoms with Gasteiger partial charge in [-0.1, -0.05) is 11.6 Å². The normalized spacial score (nSPS) is 9.88. The van der Waals surface area contributed by atoms with Crippen LogP contribution in [0.2, 0.25) is 5.02 Å². The summed E-state index contributed by atoms with van der Waals surface area (Å²) in [5.74, 6) is -3.23. The summed E-state index contributed by atoms with van der Waals surface area (Å²) in [7, 11) is 0. The Bertz CT molecular complexity index is 465. The second-order valence-electron chi connectivity index (χ2n) is 3.29. The van der Waals surface area contributed by atoms with Gasteiger partial charge < -0.3 is 5.11 Å². The first-order valence-electron chi connectivity index (χ1n) is 4.47. The van der Waals surface area contributed by atoms with E-state index in [2.05, 4.69) is 0 Å². The maximum absolute atomic E-state index is 11.5. The molecule has 0 aliphatic rings. The molecule has 0 amide bonds. The van der Waals surface area contributed by atoms with Gasteiger partial charge in [-0.25, -0.2) is 4.79 Å². The van der Waals surface area contributed by atoms with E-state index in [1.54, 1.807) is 6.92 Å². The number of carbonyl (C=O) groups is 3. The zero-order chi connectivity index (χ0) is 12.3. The highest BCUT2D eigenvalue weighted by Crippen LogP contribution is 2.17. The number of carboxylic acid groups (broad SMARTS) is 1. The summed E-state index contributed by atoms with van der Waals surface area (Å²) in [6, 6.07) is 4.53. The fraction of sp³-hybridized carbons (Fsp3) is 0.182. The van der Waals surface area contributed by atoms with Crippen molar-refractivity contribution in [1.82, 2.24) is 0 Å². The number of benzene rings is 1. The van der Waals surface area contributed by atoms with Gasteiger partial charge in [0, 0.05) is 10.6 Å². The molecule has 0 bridgehead atoms. The molecule has 4 nitrogen and oxygen atoms in total. The molecule has 0 spiro atoms. The van der Waals surface area contributed by atoms with E-state index in [0.29, 0.717) is 10.6 Å². The van der Waals surface area contributed by atoms with E-state index < -0.39 is 24.0 Å². The quantitative estimate of drug-likeness (QED) is 0.495. The van der Waals surface area contributed by atoms with Crippen LogP contribution in [0.25, 0.3) is 0 Å². The SMILES string of the molecule is Cc1cc(C(=O)CC(=O)C(=O)O)ccc1Cl. The molecule has 1 aromatic carbocycles. The topological polar surface area (TPSA) is 71.4 Å². The number of hydrogen-bond acceptors (Lipinski definition) is 3. The van der Waals surface area contributed by atoms with E-state index in [0.717, 1.165) is 0 Å². The Labute approximate surface area is 96.8 Å². The molecule has 0 aliphatic heterocycles. The van der Waals surface area contributed by atoms with Crippen LogP contribution in [-0.2, 0) is 9.59 Å². The fourth-order valence-corrected chi connectivity index (χ4v) is 1.26. The van der Waals surface area contributed by atoms with Crippen molar-refractivity contribution in [2.75, 3.05) is 0 Å². The second kappa shape index (κ2) is 4.90. The number of carboxylic acids is 1. The van der Waals surface area contributed by atoms with Crippen molar-refractivity contribution in [2.24, 2.45) is 0 Å². The van der Waals surface area contributed by atoms with Gasteiger partial charge in [0.1, 0.15) is 0 Å². The number of halogens is 1. The number of aryl methyl sites for hydroxylation is 1. The average Bonchev–Trinajstić information content (AvgIpc) is 2.21. The molecule has 0 fully saturated rings. The molecule has 1 N–H and O–H groups in total. The van der Waals surface area contributed by atoms with E-state index in [4.69, 9.17) is 16.7 Å². The van der Waals surface area contributed by atoms with Crippen molar-refractivity contribution in [3.8, 4) is 0 Å². The van der Waals surface area contributed by atoms with Crippen molar-refractivity contribution in [3.05, 3.63) is 34.3 Å². The summed E-state index contributed by atoms with van der Waals surface area (Å²) in [5, 5.41) is 8.87. The lowest BCUT2D eigenvalue weighted by molar-refractivity contribution is -0.148. The van der Waals surface area contributed by atoms with Crippen LogP contribution in [0.5, 0.6) is 0 Å². The number of Topliss-reactive ketones (excluding diaryl/α,β-unsaturated/α-hetero) is 2. The lowest BCUT2D eigenvalue weighted by Gasteiger charge is -2.01. The van der Waals surface area contributed by atoms with Crippen LogP contribution < -0.4 is 0 Å². The van der Waals surface area contributed by atoms with E-state index >= 15 is 0 Å². The largest absolute Gasteiger partial charge is 0.475 e. The van der Waals surface area contributed by atoms with E-state index in [1.807, 2.05) is 0 Å². The van der Waals surface area contributed by atoms with Gasteiger partial charge in [0.15, 0.2) is 5.78 Å². The zero-order valence-electron chi connectivity index (χ0n) is 8.49. The molecule has 5 heteroatoms. The molecule has 0 radical (unpaired) electrons. The first kappa shape index (κ1) is 12.4. The number of carbonyl (C=O) groups excluding carboxylic acids is 2. The van der Waals surface area contributed by atoms with Gasteiger partial charge in [-0.05, 0) is 30.7 Å². The molecular formula is C11H9ClO4. The molecule has 0 saturated heterocycles. The van der Waals surface area contributed by atoms with E-state index in [1.165, 1.54) is 18.2 Å². The van der Waals surface area contributed by atoms with Crippen LogP contribution in [0.1, 0.15) is 22.3 Å². The molecule has 16 heavy (non-hydrogen) atoms. The Kier molecular flexibility index (Phi) is 3.79. The molecule has 0 aromatic heterocycles. The summed E-state index contributed by atoms with van der Waals surface area (Å²) in [5.41, 5.74) is 0.992. The van der Waals surface area contributed by atoms with E-state index in [9.17, 15) is 14.4 Å². The minimum Gasteiger partial charge on any atom is -0.475 e. The predicted octanol–water partition coefficient (Wildman–Crippen LogP) is 1.87. The van der Waals surface area contributed by atoms with Crippen LogP contribution >= 0.6 is 11.6 Å². The zero-order valence-corrected chi connectivity index (χ0v) is 9.25. The third-order valence-corrected chi connectivity index (χ3v) is 2.46. The summed E-state index contributed by atoms with van der Waals surface area (Å²) in [4.78, 5) is 32.6. The van der Waals surface area contributed by atoms with Gasteiger partial charge in [0.05, 0.1) is 6.42 Å². The predicted molar refractivity (Wildman–Crippen MR) is 57.8 cm³/mol.